The van der Waals surface area contributed by atoms with Crippen LogP contribution in [-0.4, -0.2) is 49.2 Å². The molecule has 0 spiro atoms. The minimum absolute atomic E-state index is 0.164. The van der Waals surface area contributed by atoms with Crippen molar-refractivity contribution >= 4 is 39.4 Å². The standard InChI is InChI=1S/C20H21N3O3S2/c1-25-15-4-2-14(3-5-15)21-20-22-17(13-27-20)18-7-6-16(28-18)12-19(24)23-8-10-26-11-9-23/h2-7,13H,8-12H2,1H3,(H,21,22). The molecule has 146 valence electrons. The monoisotopic (exact) mass is 415 g/mol. The van der Waals surface area contributed by atoms with Crippen molar-refractivity contribution in [3.8, 4) is 16.3 Å². The van der Waals surface area contributed by atoms with Gasteiger partial charge < -0.3 is 19.7 Å². The highest BCUT2D eigenvalue weighted by Crippen LogP contribution is 2.32. The first-order valence-electron chi connectivity index (χ1n) is 9.02. The molecule has 1 saturated heterocycles. The number of anilines is 2. The summed E-state index contributed by atoms with van der Waals surface area (Å²) in [6.45, 7) is 2.63. The Hall–Kier alpha value is -2.42. The zero-order valence-electron chi connectivity index (χ0n) is 15.5. The molecule has 1 aliphatic rings. The van der Waals surface area contributed by atoms with Crippen LogP contribution in [0, 0.1) is 0 Å². The number of carbonyl (C=O) groups is 1. The zero-order chi connectivity index (χ0) is 19.3. The molecule has 3 heterocycles. The summed E-state index contributed by atoms with van der Waals surface area (Å²) in [6, 6.07) is 11.8. The zero-order valence-corrected chi connectivity index (χ0v) is 17.1. The van der Waals surface area contributed by atoms with Crippen molar-refractivity contribution < 1.29 is 14.3 Å². The number of nitrogens with one attached hydrogen (secondary N) is 1. The summed E-state index contributed by atoms with van der Waals surface area (Å²) in [5.74, 6) is 0.986. The summed E-state index contributed by atoms with van der Waals surface area (Å²) >= 11 is 3.18. The Balaban J connectivity index is 1.39. The molecule has 1 fully saturated rings. The van der Waals surface area contributed by atoms with E-state index in [1.165, 1.54) is 0 Å². The fourth-order valence-electron chi connectivity index (χ4n) is 2.93. The molecule has 1 aromatic carbocycles. The second-order valence-electron chi connectivity index (χ2n) is 6.33. The summed E-state index contributed by atoms with van der Waals surface area (Å²) in [7, 11) is 1.65. The van der Waals surface area contributed by atoms with Crippen LogP contribution in [0.5, 0.6) is 5.75 Å². The van der Waals surface area contributed by atoms with Crippen LogP contribution in [0.15, 0.2) is 41.8 Å². The molecule has 1 amide bonds. The van der Waals surface area contributed by atoms with Gasteiger partial charge in [0.25, 0.3) is 0 Å². The minimum Gasteiger partial charge on any atom is -0.497 e. The molecule has 0 bridgehead atoms. The second-order valence-corrected chi connectivity index (χ2v) is 8.35. The number of aromatic nitrogens is 1. The summed E-state index contributed by atoms with van der Waals surface area (Å²) < 4.78 is 10.5. The van der Waals surface area contributed by atoms with Gasteiger partial charge in [-0.25, -0.2) is 4.98 Å². The van der Waals surface area contributed by atoms with Crippen molar-refractivity contribution in [2.75, 3.05) is 38.7 Å². The number of carbonyl (C=O) groups excluding carboxylic acids is 1. The average Bonchev–Trinajstić information content (AvgIpc) is 3.39. The van der Waals surface area contributed by atoms with E-state index in [2.05, 4.69) is 10.3 Å². The topological polar surface area (TPSA) is 63.7 Å². The molecule has 0 saturated carbocycles. The molecule has 8 heteroatoms. The third-order valence-electron chi connectivity index (χ3n) is 4.45. The Kier molecular flexibility index (Phi) is 5.90. The second kappa shape index (κ2) is 8.72. The summed E-state index contributed by atoms with van der Waals surface area (Å²) in [4.78, 5) is 21.1. The Morgan fingerprint density at radius 3 is 2.75 bits per heavy atom. The lowest BCUT2D eigenvalue weighted by molar-refractivity contribution is -0.134. The predicted molar refractivity (Wildman–Crippen MR) is 113 cm³/mol. The number of thiophene rings is 1. The van der Waals surface area contributed by atoms with E-state index in [4.69, 9.17) is 9.47 Å². The number of methoxy groups -OCH3 is 1. The SMILES string of the molecule is COc1ccc(Nc2nc(-c3ccc(CC(=O)N4CCOCC4)s3)cs2)cc1. The maximum Gasteiger partial charge on any atom is 0.227 e. The number of ether oxygens (including phenoxy) is 2. The van der Waals surface area contributed by atoms with E-state index in [1.54, 1.807) is 29.8 Å². The number of rotatable bonds is 6. The lowest BCUT2D eigenvalue weighted by Gasteiger charge is -2.26. The van der Waals surface area contributed by atoms with Crippen LogP contribution in [0.1, 0.15) is 4.88 Å². The van der Waals surface area contributed by atoms with Crippen molar-refractivity contribution in [2.45, 2.75) is 6.42 Å². The number of thiazole rings is 1. The lowest BCUT2D eigenvalue weighted by Crippen LogP contribution is -2.41. The van der Waals surface area contributed by atoms with Gasteiger partial charge in [-0.3, -0.25) is 4.79 Å². The number of amides is 1. The molecule has 2 aromatic heterocycles. The maximum atomic E-state index is 12.4. The van der Waals surface area contributed by atoms with E-state index < -0.39 is 0 Å². The van der Waals surface area contributed by atoms with Crippen molar-refractivity contribution in [2.24, 2.45) is 0 Å². The van der Waals surface area contributed by atoms with Gasteiger partial charge in [-0.2, -0.15) is 0 Å². The maximum absolute atomic E-state index is 12.4. The molecule has 6 nitrogen and oxygen atoms in total. The molecule has 3 aromatic rings. The third kappa shape index (κ3) is 4.52. The van der Waals surface area contributed by atoms with E-state index in [0.29, 0.717) is 32.7 Å². The van der Waals surface area contributed by atoms with Gasteiger partial charge in [-0.1, -0.05) is 0 Å². The predicted octanol–water partition coefficient (Wildman–Crippen LogP) is 4.03. The molecule has 0 aliphatic carbocycles. The fourth-order valence-corrected chi connectivity index (χ4v) is 4.69. The Morgan fingerprint density at radius 2 is 2.00 bits per heavy atom. The van der Waals surface area contributed by atoms with Crippen LogP contribution < -0.4 is 10.1 Å². The number of benzene rings is 1. The molecule has 1 N–H and O–H groups in total. The molecule has 0 unspecified atom stereocenters. The summed E-state index contributed by atoms with van der Waals surface area (Å²) in [5.41, 5.74) is 1.89. The summed E-state index contributed by atoms with van der Waals surface area (Å²) in [6.07, 6.45) is 0.436. The lowest BCUT2D eigenvalue weighted by atomic mass is 10.3. The third-order valence-corrected chi connectivity index (χ3v) is 6.31. The summed E-state index contributed by atoms with van der Waals surface area (Å²) in [5, 5.41) is 6.18. The van der Waals surface area contributed by atoms with E-state index in [0.717, 1.165) is 32.0 Å². The Labute approximate surface area is 171 Å². The van der Waals surface area contributed by atoms with Gasteiger partial charge in [-0.15, -0.1) is 22.7 Å². The largest absolute Gasteiger partial charge is 0.497 e. The molecule has 28 heavy (non-hydrogen) atoms. The van der Waals surface area contributed by atoms with E-state index >= 15 is 0 Å². The Bertz CT molecular complexity index is 930. The van der Waals surface area contributed by atoms with Gasteiger partial charge in [0.15, 0.2) is 5.13 Å². The first-order valence-corrected chi connectivity index (χ1v) is 10.7. The van der Waals surface area contributed by atoms with Crippen LogP contribution >= 0.6 is 22.7 Å². The van der Waals surface area contributed by atoms with Crippen molar-refractivity contribution in [3.63, 3.8) is 0 Å². The van der Waals surface area contributed by atoms with Crippen molar-refractivity contribution in [1.82, 2.24) is 9.88 Å². The van der Waals surface area contributed by atoms with Gasteiger partial charge in [0.05, 0.1) is 37.3 Å². The van der Waals surface area contributed by atoms with Crippen LogP contribution in [0.2, 0.25) is 0 Å². The highest BCUT2D eigenvalue weighted by molar-refractivity contribution is 7.17. The smallest absolute Gasteiger partial charge is 0.227 e. The first-order chi connectivity index (χ1) is 13.7. The van der Waals surface area contributed by atoms with Gasteiger partial charge >= 0.3 is 0 Å². The van der Waals surface area contributed by atoms with Crippen LogP contribution in [0.3, 0.4) is 0 Å². The number of hydrogen-bond acceptors (Lipinski definition) is 7. The van der Waals surface area contributed by atoms with E-state index in [9.17, 15) is 4.79 Å². The molecule has 1 aliphatic heterocycles. The highest BCUT2D eigenvalue weighted by atomic mass is 32.1. The van der Waals surface area contributed by atoms with Crippen molar-refractivity contribution in [1.29, 1.82) is 0 Å². The van der Waals surface area contributed by atoms with E-state index in [1.807, 2.05) is 46.7 Å². The Morgan fingerprint density at radius 1 is 1.21 bits per heavy atom. The van der Waals surface area contributed by atoms with Crippen LogP contribution in [0.25, 0.3) is 10.6 Å². The molecular formula is C20H21N3O3S2. The molecule has 0 atom stereocenters. The molecule has 4 rings (SSSR count). The van der Waals surface area contributed by atoms with Gasteiger partial charge in [0.1, 0.15) is 5.75 Å². The number of morpholine rings is 1. The van der Waals surface area contributed by atoms with Gasteiger partial charge in [0.2, 0.25) is 5.91 Å². The van der Waals surface area contributed by atoms with Crippen LogP contribution in [-0.2, 0) is 16.0 Å². The van der Waals surface area contributed by atoms with Crippen molar-refractivity contribution in [3.05, 3.63) is 46.7 Å². The normalized spacial score (nSPS) is 14.1. The number of nitrogens with zero attached hydrogens (tertiary/aromatic N) is 2. The van der Waals surface area contributed by atoms with Crippen LogP contribution in [0.4, 0.5) is 10.8 Å². The first kappa shape index (κ1) is 18.9. The fraction of sp³-hybridized carbons (Fsp3) is 0.300. The van der Waals surface area contributed by atoms with Gasteiger partial charge in [0, 0.05) is 29.0 Å². The number of hydrogen-bond donors (Lipinski definition) is 1. The molecular weight excluding hydrogens is 394 g/mol. The minimum atomic E-state index is 0.164. The van der Waals surface area contributed by atoms with Gasteiger partial charge in [-0.05, 0) is 36.4 Å². The quantitative estimate of drug-likeness (QED) is 0.659. The highest BCUT2D eigenvalue weighted by Gasteiger charge is 2.18. The van der Waals surface area contributed by atoms with E-state index in [-0.39, 0.29) is 5.91 Å². The molecule has 0 radical (unpaired) electrons. The average molecular weight is 416 g/mol.